The first-order valence-corrected chi connectivity index (χ1v) is 13.7. The first-order valence-electron chi connectivity index (χ1n) is 13.7. The SMILES string of the molecule is COC(CCn1cnc2c(N(C)C)ncnc21)CN(CCCNC(=O)Nc1ccc(C(C)(C)C)cc1)C(C)C. The van der Waals surface area contributed by atoms with E-state index in [0.29, 0.717) is 12.6 Å². The van der Waals surface area contributed by atoms with Crippen molar-refractivity contribution in [1.29, 1.82) is 0 Å². The fourth-order valence-corrected chi connectivity index (χ4v) is 4.46. The topological polar surface area (TPSA) is 100 Å². The van der Waals surface area contributed by atoms with Gasteiger partial charge < -0.3 is 24.8 Å². The number of amides is 2. The maximum absolute atomic E-state index is 12.4. The average Bonchev–Trinajstić information content (AvgIpc) is 3.30. The van der Waals surface area contributed by atoms with E-state index in [9.17, 15) is 4.79 Å². The zero-order valence-corrected chi connectivity index (χ0v) is 24.9. The Hall–Kier alpha value is -3.24. The number of imidazole rings is 1. The Morgan fingerprint density at radius 1 is 1.10 bits per heavy atom. The van der Waals surface area contributed by atoms with Crippen LogP contribution in [0.15, 0.2) is 36.9 Å². The molecule has 0 aliphatic carbocycles. The molecule has 2 N–H and O–H groups in total. The molecule has 1 unspecified atom stereocenters. The summed E-state index contributed by atoms with van der Waals surface area (Å²) in [4.78, 5) is 30.1. The van der Waals surface area contributed by atoms with Crippen molar-refractivity contribution < 1.29 is 9.53 Å². The molecule has 0 bridgehead atoms. The Morgan fingerprint density at radius 2 is 1.82 bits per heavy atom. The van der Waals surface area contributed by atoms with Gasteiger partial charge in [0.25, 0.3) is 0 Å². The number of nitrogens with zero attached hydrogens (tertiary/aromatic N) is 6. The molecular weight excluding hydrogens is 492 g/mol. The molecule has 0 radical (unpaired) electrons. The number of urea groups is 1. The lowest BCUT2D eigenvalue weighted by molar-refractivity contribution is 0.0449. The van der Waals surface area contributed by atoms with E-state index in [1.54, 1.807) is 13.4 Å². The molecule has 0 aliphatic rings. The van der Waals surface area contributed by atoms with Crippen LogP contribution in [0.4, 0.5) is 16.3 Å². The zero-order valence-electron chi connectivity index (χ0n) is 24.9. The van der Waals surface area contributed by atoms with Crippen LogP contribution < -0.4 is 15.5 Å². The van der Waals surface area contributed by atoms with E-state index < -0.39 is 0 Å². The van der Waals surface area contributed by atoms with Crippen LogP contribution in [0.1, 0.15) is 53.0 Å². The smallest absolute Gasteiger partial charge is 0.319 e. The molecule has 2 amide bonds. The fraction of sp³-hybridized carbons (Fsp3) is 0.586. The summed E-state index contributed by atoms with van der Waals surface area (Å²) < 4.78 is 7.91. The molecule has 2 heterocycles. The van der Waals surface area contributed by atoms with E-state index in [1.165, 1.54) is 5.56 Å². The molecule has 0 spiro atoms. The highest BCUT2D eigenvalue weighted by molar-refractivity contribution is 5.89. The summed E-state index contributed by atoms with van der Waals surface area (Å²) in [5, 5.41) is 5.90. The predicted octanol–water partition coefficient (Wildman–Crippen LogP) is 4.52. The number of methoxy groups -OCH3 is 1. The van der Waals surface area contributed by atoms with Gasteiger partial charge in [0.2, 0.25) is 0 Å². The number of hydrogen-bond donors (Lipinski definition) is 2. The summed E-state index contributed by atoms with van der Waals surface area (Å²) >= 11 is 0. The monoisotopic (exact) mass is 538 g/mol. The molecule has 1 atom stereocenters. The summed E-state index contributed by atoms with van der Waals surface area (Å²) in [5.74, 6) is 0.814. The van der Waals surface area contributed by atoms with Crippen molar-refractivity contribution in [2.24, 2.45) is 0 Å². The van der Waals surface area contributed by atoms with Gasteiger partial charge in [0.1, 0.15) is 6.33 Å². The maximum Gasteiger partial charge on any atom is 0.319 e. The number of anilines is 2. The first kappa shape index (κ1) is 30.3. The van der Waals surface area contributed by atoms with Crippen LogP contribution in [-0.4, -0.2) is 83.4 Å². The Balaban J connectivity index is 1.45. The van der Waals surface area contributed by atoms with Crippen LogP contribution >= 0.6 is 0 Å². The summed E-state index contributed by atoms with van der Waals surface area (Å²) in [7, 11) is 5.67. The van der Waals surface area contributed by atoms with Crippen LogP contribution in [0.2, 0.25) is 0 Å². The van der Waals surface area contributed by atoms with Gasteiger partial charge in [-0.2, -0.15) is 0 Å². The summed E-state index contributed by atoms with van der Waals surface area (Å²) in [6.45, 7) is 13.9. The molecule has 0 saturated carbocycles. The second-order valence-corrected chi connectivity index (χ2v) is 11.5. The number of rotatable bonds is 13. The molecule has 3 aromatic rings. The molecule has 0 saturated heterocycles. The highest BCUT2D eigenvalue weighted by Crippen LogP contribution is 2.23. The summed E-state index contributed by atoms with van der Waals surface area (Å²) in [6, 6.07) is 8.21. The maximum atomic E-state index is 12.4. The van der Waals surface area contributed by atoms with Gasteiger partial charge in [-0.3, -0.25) is 4.90 Å². The number of carbonyl (C=O) groups excluding carboxylic acids is 1. The number of carbonyl (C=O) groups is 1. The molecule has 10 heteroatoms. The molecular formula is C29H46N8O2. The second kappa shape index (κ2) is 13.7. The second-order valence-electron chi connectivity index (χ2n) is 11.5. The van der Waals surface area contributed by atoms with Crippen molar-refractivity contribution in [1.82, 2.24) is 29.7 Å². The Morgan fingerprint density at radius 3 is 2.44 bits per heavy atom. The van der Waals surface area contributed by atoms with E-state index in [2.05, 4.69) is 81.8 Å². The third kappa shape index (κ3) is 8.63. The van der Waals surface area contributed by atoms with Crippen LogP contribution in [-0.2, 0) is 16.7 Å². The lowest BCUT2D eigenvalue weighted by Gasteiger charge is -2.30. The standard InChI is InChI=1S/C29H46N8O2/c1-21(2)36(16-9-15-30-28(38)34-23-12-10-22(11-13-23)29(3,4)5)18-24(39-8)14-17-37-20-33-25-26(35(6)7)31-19-32-27(25)37/h10-13,19-21,24H,9,14-18H2,1-8H3,(H2,30,34,38). The number of benzene rings is 1. The van der Waals surface area contributed by atoms with Gasteiger partial charge >= 0.3 is 6.03 Å². The van der Waals surface area contributed by atoms with Gasteiger partial charge in [-0.1, -0.05) is 32.9 Å². The van der Waals surface area contributed by atoms with Gasteiger partial charge in [0.05, 0.1) is 12.4 Å². The molecule has 39 heavy (non-hydrogen) atoms. The van der Waals surface area contributed by atoms with Crippen LogP contribution in [0, 0.1) is 0 Å². The van der Waals surface area contributed by atoms with Crippen molar-refractivity contribution in [3.63, 3.8) is 0 Å². The van der Waals surface area contributed by atoms with Crippen molar-refractivity contribution in [2.75, 3.05) is 51.1 Å². The van der Waals surface area contributed by atoms with Crippen LogP contribution in [0.3, 0.4) is 0 Å². The van der Waals surface area contributed by atoms with Crippen molar-refractivity contribution in [3.8, 4) is 0 Å². The third-order valence-electron chi connectivity index (χ3n) is 6.92. The first-order chi connectivity index (χ1) is 18.5. The molecule has 2 aromatic heterocycles. The minimum Gasteiger partial charge on any atom is -0.380 e. The number of ether oxygens (including phenoxy) is 1. The quantitative estimate of drug-likeness (QED) is 0.309. The van der Waals surface area contributed by atoms with Gasteiger partial charge in [0.15, 0.2) is 17.0 Å². The minimum absolute atomic E-state index is 0.0623. The highest BCUT2D eigenvalue weighted by atomic mass is 16.5. The largest absolute Gasteiger partial charge is 0.380 e. The van der Waals surface area contributed by atoms with Crippen molar-refractivity contribution >= 4 is 28.7 Å². The lowest BCUT2D eigenvalue weighted by Crippen LogP contribution is -2.40. The van der Waals surface area contributed by atoms with Gasteiger partial charge in [-0.25, -0.2) is 19.7 Å². The summed E-state index contributed by atoms with van der Waals surface area (Å²) in [5.41, 5.74) is 3.76. The van der Waals surface area contributed by atoms with E-state index in [-0.39, 0.29) is 17.6 Å². The lowest BCUT2D eigenvalue weighted by atomic mass is 9.87. The van der Waals surface area contributed by atoms with E-state index >= 15 is 0 Å². The Bertz CT molecular complexity index is 1180. The van der Waals surface area contributed by atoms with E-state index in [1.807, 2.05) is 37.5 Å². The number of aromatic nitrogens is 4. The minimum atomic E-state index is -0.182. The van der Waals surface area contributed by atoms with Crippen LogP contribution in [0.5, 0.6) is 0 Å². The Kier molecular flexibility index (Phi) is 10.7. The van der Waals surface area contributed by atoms with Crippen molar-refractivity contribution in [3.05, 3.63) is 42.5 Å². The average molecular weight is 539 g/mol. The predicted molar refractivity (Wildman–Crippen MR) is 159 cm³/mol. The number of fused-ring (bicyclic) bond motifs is 1. The molecule has 3 rings (SSSR count). The molecule has 0 fully saturated rings. The van der Waals surface area contributed by atoms with Crippen LogP contribution in [0.25, 0.3) is 11.2 Å². The number of aryl methyl sites for hydroxylation is 1. The fourth-order valence-electron chi connectivity index (χ4n) is 4.46. The highest BCUT2D eigenvalue weighted by Gasteiger charge is 2.18. The summed E-state index contributed by atoms with van der Waals surface area (Å²) in [6.07, 6.45) is 5.16. The Labute approximate surface area is 233 Å². The zero-order chi connectivity index (χ0) is 28.6. The third-order valence-corrected chi connectivity index (χ3v) is 6.92. The molecule has 0 aliphatic heterocycles. The van der Waals surface area contributed by atoms with Gasteiger partial charge in [-0.05, 0) is 49.8 Å². The van der Waals surface area contributed by atoms with Gasteiger partial charge in [-0.15, -0.1) is 0 Å². The number of nitrogens with one attached hydrogen (secondary N) is 2. The van der Waals surface area contributed by atoms with Crippen molar-refractivity contribution in [2.45, 2.75) is 71.6 Å². The molecule has 1 aromatic carbocycles. The number of hydrogen-bond acceptors (Lipinski definition) is 7. The molecule has 10 nitrogen and oxygen atoms in total. The van der Waals surface area contributed by atoms with E-state index in [0.717, 1.165) is 55.1 Å². The van der Waals surface area contributed by atoms with Gasteiger partial charge in [0, 0.05) is 59.1 Å². The molecule has 214 valence electrons. The normalized spacial score (nSPS) is 12.8. The van der Waals surface area contributed by atoms with E-state index in [4.69, 9.17) is 4.74 Å².